The van der Waals surface area contributed by atoms with Crippen LogP contribution in [0.4, 0.5) is 0 Å². The number of hydrogen-bond donors (Lipinski definition) is 0. The van der Waals surface area contributed by atoms with Crippen molar-refractivity contribution in [2.75, 3.05) is 19.3 Å². The van der Waals surface area contributed by atoms with Crippen LogP contribution in [-0.2, 0) is 26.2 Å². The lowest BCUT2D eigenvalue weighted by Crippen LogP contribution is -2.40. The first-order valence-corrected chi connectivity index (χ1v) is 9.30. The van der Waals surface area contributed by atoms with Crippen LogP contribution in [0.3, 0.4) is 0 Å². The summed E-state index contributed by atoms with van der Waals surface area (Å²) in [6.45, 7) is 5.06. The molecule has 0 atom stereocenters. The van der Waals surface area contributed by atoms with Gasteiger partial charge in [-0.3, -0.25) is 4.79 Å². The van der Waals surface area contributed by atoms with Gasteiger partial charge in [0.1, 0.15) is 6.61 Å². The Morgan fingerprint density at radius 3 is 2.50 bits per heavy atom. The molecule has 0 unspecified atom stereocenters. The van der Waals surface area contributed by atoms with E-state index in [1.807, 2.05) is 32.0 Å². The number of nitrogens with zero attached hydrogens (tertiary/aromatic N) is 1. The summed E-state index contributed by atoms with van der Waals surface area (Å²) in [5.41, 5.74) is 3.25. The van der Waals surface area contributed by atoms with Crippen molar-refractivity contribution in [1.82, 2.24) is 4.31 Å². The second-order valence-electron chi connectivity index (χ2n) is 5.97. The molecule has 0 amide bonds. The van der Waals surface area contributed by atoms with E-state index in [9.17, 15) is 13.2 Å². The van der Waals surface area contributed by atoms with Crippen molar-refractivity contribution in [1.29, 1.82) is 0 Å². The molecule has 1 aromatic carbocycles. The molecule has 0 N–H and O–H groups in total. The molecule has 0 aromatic heterocycles. The van der Waals surface area contributed by atoms with E-state index in [2.05, 4.69) is 0 Å². The highest BCUT2D eigenvalue weighted by Gasteiger charge is 2.29. The molecule has 1 aromatic rings. The van der Waals surface area contributed by atoms with Gasteiger partial charge in [-0.25, -0.2) is 12.7 Å². The Bertz CT molecular complexity index is 646. The topological polar surface area (TPSA) is 63.7 Å². The number of carbonyl (C=O) groups excluding carboxylic acids is 1. The zero-order valence-electron chi connectivity index (χ0n) is 13.3. The highest BCUT2D eigenvalue weighted by atomic mass is 32.2. The van der Waals surface area contributed by atoms with Crippen molar-refractivity contribution in [3.8, 4) is 0 Å². The highest BCUT2D eigenvalue weighted by Crippen LogP contribution is 2.21. The smallest absolute Gasteiger partial charge is 0.309 e. The number of sulfonamides is 1. The number of esters is 1. The summed E-state index contributed by atoms with van der Waals surface area (Å²) in [4.78, 5) is 12.1. The molecule has 5 nitrogen and oxygen atoms in total. The number of hydrogen-bond acceptors (Lipinski definition) is 4. The quantitative estimate of drug-likeness (QED) is 0.795. The van der Waals surface area contributed by atoms with Crippen LogP contribution in [0, 0.1) is 19.8 Å². The number of rotatable bonds is 4. The molecule has 0 saturated carbocycles. The molecule has 2 rings (SSSR count). The van der Waals surface area contributed by atoms with Gasteiger partial charge in [0.2, 0.25) is 10.0 Å². The second-order valence-corrected chi connectivity index (χ2v) is 7.96. The van der Waals surface area contributed by atoms with Crippen LogP contribution in [0.25, 0.3) is 0 Å². The minimum Gasteiger partial charge on any atom is -0.461 e. The van der Waals surface area contributed by atoms with E-state index < -0.39 is 10.0 Å². The van der Waals surface area contributed by atoms with E-state index in [1.54, 1.807) is 0 Å². The van der Waals surface area contributed by atoms with Crippen molar-refractivity contribution in [3.05, 3.63) is 34.9 Å². The Kier molecular flexibility index (Phi) is 5.24. The van der Waals surface area contributed by atoms with Crippen molar-refractivity contribution >= 4 is 16.0 Å². The summed E-state index contributed by atoms with van der Waals surface area (Å²) in [5, 5.41) is 0. The average molecular weight is 325 g/mol. The van der Waals surface area contributed by atoms with Gasteiger partial charge in [0.25, 0.3) is 0 Å². The summed E-state index contributed by atoms with van der Waals surface area (Å²) < 4.78 is 29.7. The Labute approximate surface area is 132 Å². The largest absolute Gasteiger partial charge is 0.461 e. The van der Waals surface area contributed by atoms with E-state index in [4.69, 9.17) is 4.74 Å². The Balaban J connectivity index is 1.87. The Morgan fingerprint density at radius 2 is 1.91 bits per heavy atom. The van der Waals surface area contributed by atoms with Crippen molar-refractivity contribution in [2.45, 2.75) is 33.3 Å². The fourth-order valence-electron chi connectivity index (χ4n) is 2.65. The molecule has 1 aliphatic rings. The molecule has 1 heterocycles. The van der Waals surface area contributed by atoms with Crippen LogP contribution in [-0.4, -0.2) is 38.0 Å². The van der Waals surface area contributed by atoms with Gasteiger partial charge in [0, 0.05) is 13.1 Å². The molecular formula is C16H23NO4S. The number of ether oxygens (including phenoxy) is 1. The molecule has 0 radical (unpaired) electrons. The third-order valence-corrected chi connectivity index (χ3v) is 5.43. The van der Waals surface area contributed by atoms with Crippen LogP contribution >= 0.6 is 0 Å². The molecule has 0 spiro atoms. The lowest BCUT2D eigenvalue weighted by Gasteiger charge is -2.28. The van der Waals surface area contributed by atoms with Gasteiger partial charge in [0.05, 0.1) is 12.2 Å². The first-order chi connectivity index (χ1) is 10.3. The van der Waals surface area contributed by atoms with Crippen molar-refractivity contribution in [2.24, 2.45) is 5.92 Å². The number of aryl methyl sites for hydroxylation is 2. The first kappa shape index (κ1) is 17.0. The van der Waals surface area contributed by atoms with Gasteiger partial charge in [-0.2, -0.15) is 0 Å². The maximum absolute atomic E-state index is 12.1. The maximum atomic E-state index is 12.1. The average Bonchev–Trinajstić information content (AvgIpc) is 2.47. The lowest BCUT2D eigenvalue weighted by atomic mass is 9.98. The van der Waals surface area contributed by atoms with Crippen LogP contribution < -0.4 is 0 Å². The lowest BCUT2D eigenvalue weighted by molar-refractivity contribution is -0.151. The molecule has 22 heavy (non-hydrogen) atoms. The van der Waals surface area contributed by atoms with E-state index in [0.717, 1.165) is 16.7 Å². The van der Waals surface area contributed by atoms with Crippen LogP contribution in [0.15, 0.2) is 18.2 Å². The molecular weight excluding hydrogens is 302 g/mol. The molecule has 1 saturated heterocycles. The Morgan fingerprint density at radius 1 is 1.27 bits per heavy atom. The summed E-state index contributed by atoms with van der Waals surface area (Å²) in [5.74, 6) is -0.433. The van der Waals surface area contributed by atoms with Crippen molar-refractivity contribution in [3.63, 3.8) is 0 Å². The summed E-state index contributed by atoms with van der Waals surface area (Å²) in [6, 6.07) is 6.07. The predicted molar refractivity (Wildman–Crippen MR) is 84.9 cm³/mol. The SMILES string of the molecule is Cc1ccc(C)c(COC(=O)C2CCN(S(C)(=O)=O)CC2)c1. The predicted octanol–water partition coefficient (Wildman–Crippen LogP) is 2.02. The minimum absolute atomic E-state index is 0.205. The third-order valence-electron chi connectivity index (χ3n) is 4.13. The van der Waals surface area contributed by atoms with Crippen LogP contribution in [0.5, 0.6) is 0 Å². The summed E-state index contributed by atoms with van der Waals surface area (Å²) in [6.07, 6.45) is 2.25. The van der Waals surface area contributed by atoms with Gasteiger partial charge < -0.3 is 4.74 Å². The molecule has 6 heteroatoms. The fraction of sp³-hybridized carbons (Fsp3) is 0.562. The standard InChI is InChI=1S/C16H23NO4S/c1-12-4-5-13(2)15(10-12)11-21-16(18)14-6-8-17(9-7-14)22(3,19)20/h4-5,10,14H,6-9,11H2,1-3H3. The second kappa shape index (κ2) is 6.79. The van der Waals surface area contributed by atoms with E-state index >= 15 is 0 Å². The van der Waals surface area contributed by atoms with E-state index in [-0.39, 0.29) is 18.5 Å². The number of carbonyl (C=O) groups is 1. The highest BCUT2D eigenvalue weighted by molar-refractivity contribution is 7.88. The third kappa shape index (κ3) is 4.30. The zero-order chi connectivity index (χ0) is 16.3. The fourth-order valence-corrected chi connectivity index (χ4v) is 3.52. The minimum atomic E-state index is -3.16. The molecule has 1 aliphatic heterocycles. The van der Waals surface area contributed by atoms with Crippen LogP contribution in [0.2, 0.25) is 0 Å². The Hall–Kier alpha value is -1.40. The first-order valence-electron chi connectivity index (χ1n) is 7.45. The van der Waals surface area contributed by atoms with E-state index in [0.29, 0.717) is 25.9 Å². The summed E-state index contributed by atoms with van der Waals surface area (Å²) >= 11 is 0. The molecule has 0 bridgehead atoms. The molecule has 1 fully saturated rings. The molecule has 0 aliphatic carbocycles. The van der Waals surface area contributed by atoms with Gasteiger partial charge >= 0.3 is 5.97 Å². The molecule has 122 valence electrons. The normalized spacial score (nSPS) is 17.4. The van der Waals surface area contributed by atoms with Crippen LogP contribution in [0.1, 0.15) is 29.5 Å². The number of piperidine rings is 1. The maximum Gasteiger partial charge on any atom is 0.309 e. The van der Waals surface area contributed by atoms with Gasteiger partial charge in [-0.1, -0.05) is 23.8 Å². The number of benzene rings is 1. The van der Waals surface area contributed by atoms with Gasteiger partial charge in [-0.15, -0.1) is 0 Å². The zero-order valence-corrected chi connectivity index (χ0v) is 14.1. The monoisotopic (exact) mass is 325 g/mol. The summed E-state index contributed by atoms with van der Waals surface area (Å²) in [7, 11) is -3.16. The van der Waals surface area contributed by atoms with Crippen molar-refractivity contribution < 1.29 is 17.9 Å². The van der Waals surface area contributed by atoms with Gasteiger partial charge in [0.15, 0.2) is 0 Å². The van der Waals surface area contributed by atoms with Gasteiger partial charge in [-0.05, 0) is 37.8 Å². The van der Waals surface area contributed by atoms with E-state index in [1.165, 1.54) is 10.6 Å².